The van der Waals surface area contributed by atoms with Crippen LogP contribution in [0.2, 0.25) is 0 Å². The molecule has 0 aromatic carbocycles. The van der Waals surface area contributed by atoms with Crippen LogP contribution >= 0.6 is 0 Å². The van der Waals surface area contributed by atoms with Gasteiger partial charge in [0.15, 0.2) is 0 Å². The Labute approximate surface area is 142 Å². The number of hydrogen-bond acceptors (Lipinski definition) is 6. The van der Waals surface area contributed by atoms with E-state index in [0.717, 1.165) is 14.2 Å². The van der Waals surface area contributed by atoms with Crippen molar-refractivity contribution in [2.24, 2.45) is 11.8 Å². The van der Waals surface area contributed by atoms with Crippen molar-refractivity contribution in [1.82, 2.24) is 0 Å². The molecule has 0 aromatic heterocycles. The predicted octanol–water partition coefficient (Wildman–Crippen LogP) is -2.19. The summed E-state index contributed by atoms with van der Waals surface area (Å²) in [4.78, 5) is 44.7. The molecule has 0 heterocycles. The van der Waals surface area contributed by atoms with E-state index in [9.17, 15) is 19.2 Å². The second kappa shape index (κ2) is 8.39. The van der Waals surface area contributed by atoms with Gasteiger partial charge < -0.3 is 9.47 Å². The monoisotopic (exact) mass is 262 g/mol. The van der Waals surface area contributed by atoms with Gasteiger partial charge >= 0.3 is 71.1 Å². The number of carbonyl (C=O) groups excluding carboxylic acids is 4. The zero-order chi connectivity index (χ0) is 11.6. The van der Waals surface area contributed by atoms with Crippen molar-refractivity contribution in [3.8, 4) is 0 Å². The van der Waals surface area contributed by atoms with Crippen LogP contribution in [0.25, 0.3) is 0 Å². The average molecular weight is 262 g/mol. The molecule has 0 aromatic rings. The van der Waals surface area contributed by atoms with Crippen molar-refractivity contribution in [2.75, 3.05) is 14.2 Å². The molecule has 0 radical (unpaired) electrons. The van der Waals surface area contributed by atoms with Gasteiger partial charge in [0.25, 0.3) is 0 Å². The summed E-state index contributed by atoms with van der Waals surface area (Å²) in [6, 6.07) is 0. The summed E-state index contributed by atoms with van der Waals surface area (Å²) < 4.78 is 8.70. The van der Waals surface area contributed by atoms with Crippen molar-refractivity contribution in [3.05, 3.63) is 0 Å². The van der Waals surface area contributed by atoms with E-state index in [0.29, 0.717) is 0 Å². The molecule has 0 N–H and O–H groups in total. The Bertz CT molecular complexity index is 308. The first kappa shape index (κ1) is 19.6. The van der Waals surface area contributed by atoms with Crippen LogP contribution in [0.5, 0.6) is 0 Å². The molecule has 0 bridgehead atoms. The van der Waals surface area contributed by atoms with Crippen molar-refractivity contribution in [3.63, 3.8) is 0 Å². The van der Waals surface area contributed by atoms with Crippen molar-refractivity contribution in [1.29, 1.82) is 0 Å². The molecule has 0 aliphatic heterocycles. The second-order valence-electron chi connectivity index (χ2n) is 3.12. The van der Waals surface area contributed by atoms with E-state index in [1.807, 2.05) is 0 Å². The quantitative estimate of drug-likeness (QED) is 0.243. The minimum atomic E-state index is -1.16. The van der Waals surface area contributed by atoms with Crippen molar-refractivity contribution >= 4 is 82.6 Å². The number of esters is 2. The summed E-state index contributed by atoms with van der Waals surface area (Å²) in [5.41, 5.74) is 0. The Kier molecular flexibility index (Phi) is 9.69. The summed E-state index contributed by atoms with van der Waals surface area (Å²) in [6.45, 7) is 0. The van der Waals surface area contributed by atoms with E-state index in [4.69, 9.17) is 0 Å². The summed E-state index contributed by atoms with van der Waals surface area (Å²) in [5, 5.41) is 0. The average Bonchev–Trinajstić information content (AvgIpc) is 2.54. The fourth-order valence-corrected chi connectivity index (χ4v) is 1.48. The Balaban J connectivity index is 0. The standard InChI is InChI=1S/C9H10O6.2Na.2H/c1-14-8(12)4-3-5(9(13)15-2)7(11)6(4)10;;;;/h4-5H,3H2,1-2H3;;;;. The van der Waals surface area contributed by atoms with E-state index in [1.54, 1.807) is 0 Å². The summed E-state index contributed by atoms with van der Waals surface area (Å²) in [6.07, 6.45) is -0.156. The summed E-state index contributed by atoms with van der Waals surface area (Å²) in [7, 11) is 2.23. The molecule has 1 rings (SSSR count). The number of carbonyl (C=O) groups is 4. The van der Waals surface area contributed by atoms with Crippen molar-refractivity contribution in [2.45, 2.75) is 6.42 Å². The minimum absolute atomic E-state index is 0. The normalized spacial score (nSPS) is 22.2. The third-order valence-corrected chi connectivity index (χ3v) is 2.32. The molecule has 2 unspecified atom stereocenters. The van der Waals surface area contributed by atoms with Crippen LogP contribution in [-0.4, -0.2) is 96.8 Å². The maximum absolute atomic E-state index is 11.3. The molecular formula is C9H12Na2O6. The molecule has 1 aliphatic rings. The number of ether oxygens (including phenoxy) is 2. The first-order chi connectivity index (χ1) is 7.02. The molecular weight excluding hydrogens is 250 g/mol. The molecule has 1 aliphatic carbocycles. The van der Waals surface area contributed by atoms with E-state index in [-0.39, 0.29) is 65.5 Å². The van der Waals surface area contributed by atoms with Crippen LogP contribution in [0.15, 0.2) is 0 Å². The van der Waals surface area contributed by atoms with Gasteiger partial charge in [0, 0.05) is 0 Å². The zero-order valence-electron chi connectivity index (χ0n) is 8.31. The maximum atomic E-state index is 11.3. The number of ketones is 2. The third-order valence-electron chi connectivity index (χ3n) is 2.32. The molecule has 1 saturated carbocycles. The molecule has 2 atom stereocenters. The molecule has 0 saturated heterocycles. The molecule has 0 amide bonds. The Morgan fingerprint density at radius 1 is 0.941 bits per heavy atom. The van der Waals surface area contributed by atoms with Gasteiger partial charge in [-0.2, -0.15) is 0 Å². The Hall–Kier alpha value is 0.280. The van der Waals surface area contributed by atoms with Gasteiger partial charge in [-0.25, -0.2) is 0 Å². The number of rotatable bonds is 2. The van der Waals surface area contributed by atoms with Crippen molar-refractivity contribution < 1.29 is 28.7 Å². The Morgan fingerprint density at radius 3 is 1.47 bits per heavy atom. The van der Waals surface area contributed by atoms with Crippen LogP contribution < -0.4 is 0 Å². The topological polar surface area (TPSA) is 86.7 Å². The van der Waals surface area contributed by atoms with Gasteiger partial charge in [-0.05, 0) is 6.42 Å². The van der Waals surface area contributed by atoms with Crippen LogP contribution in [0, 0.1) is 11.8 Å². The zero-order valence-corrected chi connectivity index (χ0v) is 8.31. The van der Waals surface area contributed by atoms with Crippen LogP contribution in [0.4, 0.5) is 0 Å². The van der Waals surface area contributed by atoms with Crippen LogP contribution in [0.3, 0.4) is 0 Å². The first-order valence-corrected chi connectivity index (χ1v) is 4.26. The summed E-state index contributed by atoms with van der Waals surface area (Å²) in [5.74, 6) is -5.66. The van der Waals surface area contributed by atoms with Gasteiger partial charge in [0.05, 0.1) is 14.2 Å². The fourth-order valence-electron chi connectivity index (χ4n) is 1.48. The van der Waals surface area contributed by atoms with Crippen LogP contribution in [-0.2, 0) is 28.7 Å². The van der Waals surface area contributed by atoms with E-state index in [1.165, 1.54) is 0 Å². The third kappa shape index (κ3) is 4.15. The molecule has 8 heteroatoms. The van der Waals surface area contributed by atoms with Gasteiger partial charge in [0.2, 0.25) is 11.6 Å². The molecule has 17 heavy (non-hydrogen) atoms. The fraction of sp³-hybridized carbons (Fsp3) is 0.556. The first-order valence-electron chi connectivity index (χ1n) is 4.26. The number of hydrogen-bond donors (Lipinski definition) is 0. The summed E-state index contributed by atoms with van der Waals surface area (Å²) >= 11 is 0. The predicted molar refractivity (Wildman–Crippen MR) is 59.9 cm³/mol. The van der Waals surface area contributed by atoms with Gasteiger partial charge in [-0.3, -0.25) is 19.2 Å². The SMILES string of the molecule is COC(=O)C1CC(C(=O)OC)C(=O)C1=O.[NaH].[NaH]. The number of Topliss-reactive ketones (excluding diaryl/α,β-unsaturated/α-hetero) is 2. The van der Waals surface area contributed by atoms with E-state index >= 15 is 0 Å². The van der Waals surface area contributed by atoms with Gasteiger partial charge in [-0.15, -0.1) is 0 Å². The van der Waals surface area contributed by atoms with Gasteiger partial charge in [-0.1, -0.05) is 0 Å². The Morgan fingerprint density at radius 2 is 1.24 bits per heavy atom. The van der Waals surface area contributed by atoms with E-state index in [2.05, 4.69) is 9.47 Å². The molecule has 0 spiro atoms. The van der Waals surface area contributed by atoms with Gasteiger partial charge in [0.1, 0.15) is 11.8 Å². The number of methoxy groups -OCH3 is 2. The molecule has 6 nitrogen and oxygen atoms in total. The molecule has 86 valence electrons. The van der Waals surface area contributed by atoms with Crippen LogP contribution in [0.1, 0.15) is 6.42 Å². The molecule has 1 fully saturated rings. The van der Waals surface area contributed by atoms with E-state index < -0.39 is 35.3 Å². The second-order valence-corrected chi connectivity index (χ2v) is 3.12.